The fraction of sp³-hybridized carbons (Fsp3) is 0.160. The Morgan fingerprint density at radius 3 is 1.79 bits per heavy atom. The summed E-state index contributed by atoms with van der Waals surface area (Å²) in [6.45, 7) is 4.00. The van der Waals surface area contributed by atoms with E-state index in [2.05, 4.69) is 49.4 Å². The average Bonchev–Trinajstić information content (AvgIpc) is 2.74. The number of fused-ring (bicyclic) bond motifs is 2. The minimum atomic E-state index is 0.544. The highest BCUT2D eigenvalue weighted by Gasteiger charge is 2.17. The molecule has 4 aromatic carbocycles. The highest BCUT2D eigenvalue weighted by molar-refractivity contribution is 6.01. The van der Waals surface area contributed by atoms with Crippen LogP contribution in [0.1, 0.15) is 21.5 Å². The second kappa shape index (κ2) is 8.57. The van der Waals surface area contributed by atoms with Crippen molar-refractivity contribution in [3.05, 3.63) is 83.4 Å². The van der Waals surface area contributed by atoms with Gasteiger partial charge in [-0.3, -0.25) is 4.79 Å². The smallest absolute Gasteiger partial charge is 0.154 e. The van der Waals surface area contributed by atoms with Crippen LogP contribution in [0.4, 0.5) is 0 Å². The first-order valence-electron chi connectivity index (χ1n) is 9.15. The minimum absolute atomic E-state index is 0.544. The van der Waals surface area contributed by atoms with Gasteiger partial charge in [0.1, 0.15) is 11.5 Å². The third-order valence-electron chi connectivity index (χ3n) is 4.94. The predicted molar refractivity (Wildman–Crippen MR) is 116 cm³/mol. The summed E-state index contributed by atoms with van der Waals surface area (Å²) < 4.78 is 10.7. The molecule has 0 radical (unpaired) electrons. The number of ether oxygens (including phenoxy) is 2. The van der Waals surface area contributed by atoms with Gasteiger partial charge in [0.25, 0.3) is 0 Å². The minimum Gasteiger partial charge on any atom is -0.496 e. The first kappa shape index (κ1) is 19.4. The SMILES string of the molecule is COc1c(C)c(C=O)c(OC)c2ccccc12.Cc1cccc2ccccc12. The summed E-state index contributed by atoms with van der Waals surface area (Å²) in [5.41, 5.74) is 2.70. The molecule has 0 saturated carbocycles. The lowest BCUT2D eigenvalue weighted by atomic mass is 9.99. The molecule has 0 aromatic heterocycles. The Kier molecular flexibility index (Phi) is 5.95. The molecule has 0 saturated heterocycles. The second-order valence-corrected chi connectivity index (χ2v) is 6.56. The lowest BCUT2D eigenvalue weighted by Crippen LogP contribution is -1.99. The Morgan fingerprint density at radius 1 is 0.679 bits per heavy atom. The molecule has 0 bridgehead atoms. The summed E-state index contributed by atoms with van der Waals surface area (Å²) in [6.07, 6.45) is 0.809. The third kappa shape index (κ3) is 3.56. The molecule has 3 heteroatoms. The van der Waals surface area contributed by atoms with Crippen LogP contribution < -0.4 is 9.47 Å². The Bertz CT molecular complexity index is 1120. The summed E-state index contributed by atoms with van der Waals surface area (Å²) in [7, 11) is 3.18. The highest BCUT2D eigenvalue weighted by atomic mass is 16.5. The third-order valence-corrected chi connectivity index (χ3v) is 4.94. The number of carbonyl (C=O) groups excluding carboxylic acids is 1. The van der Waals surface area contributed by atoms with E-state index in [1.807, 2.05) is 31.2 Å². The lowest BCUT2D eigenvalue weighted by Gasteiger charge is -2.15. The van der Waals surface area contributed by atoms with Crippen molar-refractivity contribution < 1.29 is 14.3 Å². The van der Waals surface area contributed by atoms with E-state index in [-0.39, 0.29) is 0 Å². The molecule has 0 spiro atoms. The van der Waals surface area contributed by atoms with Gasteiger partial charge < -0.3 is 9.47 Å². The molecular weight excluding hydrogens is 348 g/mol. The lowest BCUT2D eigenvalue weighted by molar-refractivity contribution is 0.112. The fourth-order valence-corrected chi connectivity index (χ4v) is 3.53. The molecule has 0 aliphatic carbocycles. The van der Waals surface area contributed by atoms with Crippen molar-refractivity contribution in [2.45, 2.75) is 13.8 Å². The Labute approximate surface area is 165 Å². The highest BCUT2D eigenvalue weighted by Crippen LogP contribution is 2.39. The van der Waals surface area contributed by atoms with E-state index < -0.39 is 0 Å². The average molecular weight is 372 g/mol. The van der Waals surface area contributed by atoms with Gasteiger partial charge in [-0.1, -0.05) is 66.7 Å². The monoisotopic (exact) mass is 372 g/mol. The maximum atomic E-state index is 11.2. The number of aryl methyl sites for hydroxylation is 1. The summed E-state index contributed by atoms with van der Waals surface area (Å²) in [5, 5.41) is 4.53. The standard InChI is InChI=1S/C14H14O3.C11H10/c1-9-12(8-15)14(17-3)11-7-5-4-6-10(11)13(9)16-2;1-9-5-4-7-10-6-2-3-8-11(9)10/h4-8H,1-3H3;2-8H,1H3. The topological polar surface area (TPSA) is 35.5 Å². The van der Waals surface area contributed by atoms with Gasteiger partial charge in [0.05, 0.1) is 19.8 Å². The van der Waals surface area contributed by atoms with Crippen molar-refractivity contribution in [2.75, 3.05) is 14.2 Å². The normalized spacial score (nSPS) is 10.3. The number of carbonyl (C=O) groups is 1. The number of aldehydes is 1. The molecule has 0 fully saturated rings. The summed E-state index contributed by atoms with van der Waals surface area (Å²) >= 11 is 0. The van der Waals surface area contributed by atoms with Gasteiger partial charge in [-0.2, -0.15) is 0 Å². The van der Waals surface area contributed by atoms with Crippen LogP contribution in [0, 0.1) is 13.8 Å². The molecule has 4 aromatic rings. The molecular formula is C25H24O3. The second-order valence-electron chi connectivity index (χ2n) is 6.56. The van der Waals surface area contributed by atoms with Crippen molar-refractivity contribution in [3.8, 4) is 11.5 Å². The maximum absolute atomic E-state index is 11.2. The fourth-order valence-electron chi connectivity index (χ4n) is 3.53. The van der Waals surface area contributed by atoms with Gasteiger partial charge in [-0.25, -0.2) is 0 Å². The molecule has 0 N–H and O–H groups in total. The van der Waals surface area contributed by atoms with Gasteiger partial charge >= 0.3 is 0 Å². The van der Waals surface area contributed by atoms with Crippen LogP contribution in [0.15, 0.2) is 66.7 Å². The van der Waals surface area contributed by atoms with Crippen molar-refractivity contribution in [2.24, 2.45) is 0 Å². The first-order chi connectivity index (χ1) is 13.6. The van der Waals surface area contributed by atoms with Gasteiger partial charge in [-0.05, 0) is 30.2 Å². The van der Waals surface area contributed by atoms with E-state index in [1.165, 1.54) is 16.3 Å². The number of rotatable bonds is 3. The Morgan fingerprint density at radius 2 is 1.21 bits per heavy atom. The first-order valence-corrected chi connectivity index (χ1v) is 9.15. The maximum Gasteiger partial charge on any atom is 0.154 e. The van der Waals surface area contributed by atoms with Crippen molar-refractivity contribution >= 4 is 27.8 Å². The molecule has 0 atom stereocenters. The number of methoxy groups -OCH3 is 2. The zero-order valence-corrected chi connectivity index (χ0v) is 16.7. The van der Waals surface area contributed by atoms with E-state index in [4.69, 9.17) is 9.47 Å². The molecule has 0 unspecified atom stereocenters. The Hall–Kier alpha value is -3.33. The molecule has 0 aliphatic heterocycles. The van der Waals surface area contributed by atoms with Crippen LogP contribution in [0.25, 0.3) is 21.5 Å². The Balaban J connectivity index is 0.000000176. The van der Waals surface area contributed by atoms with Crippen LogP contribution in [0.2, 0.25) is 0 Å². The van der Waals surface area contributed by atoms with Crippen LogP contribution in [0.3, 0.4) is 0 Å². The van der Waals surface area contributed by atoms with E-state index in [9.17, 15) is 4.79 Å². The summed E-state index contributed by atoms with van der Waals surface area (Å²) in [4.78, 5) is 11.2. The molecule has 0 heterocycles. The number of benzene rings is 4. The van der Waals surface area contributed by atoms with Crippen molar-refractivity contribution in [1.82, 2.24) is 0 Å². The quantitative estimate of drug-likeness (QED) is 0.406. The summed E-state index contributed by atoms with van der Waals surface area (Å²) in [6, 6.07) is 22.5. The zero-order valence-electron chi connectivity index (χ0n) is 16.7. The van der Waals surface area contributed by atoms with Crippen LogP contribution in [-0.2, 0) is 0 Å². The van der Waals surface area contributed by atoms with Gasteiger partial charge in [0.15, 0.2) is 6.29 Å². The van der Waals surface area contributed by atoms with Crippen molar-refractivity contribution in [1.29, 1.82) is 0 Å². The van der Waals surface area contributed by atoms with Gasteiger partial charge in [-0.15, -0.1) is 0 Å². The molecule has 28 heavy (non-hydrogen) atoms. The molecule has 4 rings (SSSR count). The summed E-state index contributed by atoms with van der Waals surface area (Å²) in [5.74, 6) is 1.33. The van der Waals surface area contributed by atoms with Gasteiger partial charge in [0, 0.05) is 16.3 Å². The predicted octanol–water partition coefficient (Wildman–Crippen LogP) is 6.13. The van der Waals surface area contributed by atoms with E-state index in [0.717, 1.165) is 28.4 Å². The largest absolute Gasteiger partial charge is 0.496 e. The van der Waals surface area contributed by atoms with E-state index >= 15 is 0 Å². The molecule has 3 nitrogen and oxygen atoms in total. The molecule has 0 amide bonds. The number of hydrogen-bond donors (Lipinski definition) is 0. The molecule has 142 valence electrons. The van der Waals surface area contributed by atoms with E-state index in [1.54, 1.807) is 14.2 Å². The van der Waals surface area contributed by atoms with Gasteiger partial charge in [0.2, 0.25) is 0 Å². The zero-order chi connectivity index (χ0) is 20.1. The van der Waals surface area contributed by atoms with Crippen LogP contribution >= 0.6 is 0 Å². The van der Waals surface area contributed by atoms with E-state index in [0.29, 0.717) is 11.3 Å². The van der Waals surface area contributed by atoms with Crippen LogP contribution in [0.5, 0.6) is 11.5 Å². The number of hydrogen-bond acceptors (Lipinski definition) is 3. The molecule has 0 aliphatic rings. The van der Waals surface area contributed by atoms with Crippen molar-refractivity contribution in [3.63, 3.8) is 0 Å². The van der Waals surface area contributed by atoms with Crippen LogP contribution in [-0.4, -0.2) is 20.5 Å².